The summed E-state index contributed by atoms with van der Waals surface area (Å²) in [4.78, 5) is 11.5. The molecule has 0 bridgehead atoms. The smallest absolute Gasteiger partial charge is 0.308 e. The molecule has 0 spiro atoms. The van der Waals surface area contributed by atoms with E-state index in [1.165, 1.54) is 0 Å². The molecule has 1 aliphatic rings. The van der Waals surface area contributed by atoms with Crippen molar-refractivity contribution in [3.8, 4) is 0 Å². The van der Waals surface area contributed by atoms with Gasteiger partial charge in [-0.25, -0.2) is 0 Å². The Morgan fingerprint density at radius 2 is 1.94 bits per heavy atom. The number of aliphatic hydroxyl groups is 1. The van der Waals surface area contributed by atoms with E-state index in [1.807, 2.05) is 13.8 Å². The van der Waals surface area contributed by atoms with Crippen molar-refractivity contribution in [3.05, 3.63) is 0 Å². The second kappa shape index (κ2) is 6.21. The first-order valence-electron chi connectivity index (χ1n) is 6.08. The minimum atomic E-state index is -0.737. The van der Waals surface area contributed by atoms with Crippen LogP contribution in [0.2, 0.25) is 0 Å². The lowest BCUT2D eigenvalue weighted by Gasteiger charge is -2.34. The number of hydrogen-bond acceptors (Lipinski definition) is 4. The Labute approximate surface area is 96.9 Å². The van der Waals surface area contributed by atoms with Gasteiger partial charge in [0, 0.05) is 6.61 Å². The van der Waals surface area contributed by atoms with Crippen molar-refractivity contribution in [3.63, 3.8) is 0 Å². The summed E-state index contributed by atoms with van der Waals surface area (Å²) >= 11 is 0. The molecule has 0 radical (unpaired) electrons. The summed E-state index contributed by atoms with van der Waals surface area (Å²) in [6, 6.07) is 0. The molecular weight excluding hydrogens is 208 g/mol. The van der Waals surface area contributed by atoms with Gasteiger partial charge in [-0.3, -0.25) is 4.79 Å². The minimum Gasteiger partial charge on any atom is -0.466 e. The fourth-order valence-corrected chi connectivity index (χ4v) is 2.09. The molecule has 0 aromatic heterocycles. The molecule has 1 fully saturated rings. The van der Waals surface area contributed by atoms with E-state index in [9.17, 15) is 9.90 Å². The summed E-state index contributed by atoms with van der Waals surface area (Å²) in [5.41, 5.74) is -0.737. The van der Waals surface area contributed by atoms with Crippen molar-refractivity contribution in [1.29, 1.82) is 0 Å². The normalized spacial score (nSPS) is 30.1. The third-order valence-electron chi connectivity index (χ3n) is 3.11. The Bertz CT molecular complexity index is 219. The topological polar surface area (TPSA) is 55.8 Å². The number of carbonyl (C=O) groups is 1. The van der Waals surface area contributed by atoms with Gasteiger partial charge in [0.15, 0.2) is 0 Å². The zero-order valence-corrected chi connectivity index (χ0v) is 10.2. The first-order chi connectivity index (χ1) is 7.61. The van der Waals surface area contributed by atoms with Crippen LogP contribution in [0.15, 0.2) is 0 Å². The molecule has 0 saturated heterocycles. The summed E-state index contributed by atoms with van der Waals surface area (Å²) in [6.45, 7) is 5.14. The van der Waals surface area contributed by atoms with Crippen LogP contribution in [0.4, 0.5) is 0 Å². The van der Waals surface area contributed by atoms with Crippen molar-refractivity contribution in [2.24, 2.45) is 5.92 Å². The fourth-order valence-electron chi connectivity index (χ4n) is 2.09. The predicted octanol–water partition coefficient (Wildman–Crippen LogP) is 1.51. The summed E-state index contributed by atoms with van der Waals surface area (Å²) in [7, 11) is 0. The monoisotopic (exact) mass is 230 g/mol. The maximum absolute atomic E-state index is 11.5. The van der Waals surface area contributed by atoms with Crippen LogP contribution in [0.25, 0.3) is 0 Å². The van der Waals surface area contributed by atoms with E-state index < -0.39 is 5.60 Å². The lowest BCUT2D eigenvalue weighted by Crippen LogP contribution is -2.40. The molecule has 1 rings (SSSR count). The summed E-state index contributed by atoms with van der Waals surface area (Å²) in [5, 5.41) is 10.2. The van der Waals surface area contributed by atoms with Crippen LogP contribution in [0.1, 0.15) is 39.5 Å². The molecule has 0 unspecified atom stereocenters. The molecule has 0 aromatic rings. The lowest BCUT2D eigenvalue weighted by atomic mass is 9.79. The van der Waals surface area contributed by atoms with Crippen molar-refractivity contribution in [2.45, 2.75) is 45.1 Å². The van der Waals surface area contributed by atoms with Crippen molar-refractivity contribution in [2.75, 3.05) is 19.8 Å². The van der Waals surface area contributed by atoms with Gasteiger partial charge >= 0.3 is 5.97 Å². The zero-order valence-electron chi connectivity index (χ0n) is 10.2. The van der Waals surface area contributed by atoms with E-state index in [0.29, 0.717) is 45.5 Å². The Morgan fingerprint density at radius 1 is 1.31 bits per heavy atom. The molecule has 0 atom stereocenters. The molecule has 1 saturated carbocycles. The average molecular weight is 230 g/mol. The zero-order chi connectivity index (χ0) is 12.0. The van der Waals surface area contributed by atoms with Crippen LogP contribution in [0.5, 0.6) is 0 Å². The van der Waals surface area contributed by atoms with Gasteiger partial charge in [0.1, 0.15) is 0 Å². The van der Waals surface area contributed by atoms with Crippen LogP contribution in [-0.2, 0) is 14.3 Å². The van der Waals surface area contributed by atoms with Crippen LogP contribution in [-0.4, -0.2) is 36.5 Å². The molecular formula is C12H22O4. The van der Waals surface area contributed by atoms with E-state index in [-0.39, 0.29) is 11.9 Å². The van der Waals surface area contributed by atoms with E-state index in [2.05, 4.69) is 0 Å². The van der Waals surface area contributed by atoms with Gasteiger partial charge in [-0.2, -0.15) is 0 Å². The van der Waals surface area contributed by atoms with Crippen LogP contribution >= 0.6 is 0 Å². The van der Waals surface area contributed by atoms with E-state index in [1.54, 1.807) is 0 Å². The first-order valence-corrected chi connectivity index (χ1v) is 6.08. The highest BCUT2D eigenvalue weighted by molar-refractivity contribution is 5.72. The van der Waals surface area contributed by atoms with Gasteiger partial charge in [-0.15, -0.1) is 0 Å². The number of esters is 1. The Morgan fingerprint density at radius 3 is 2.44 bits per heavy atom. The molecule has 1 N–H and O–H groups in total. The highest BCUT2D eigenvalue weighted by atomic mass is 16.5. The SMILES string of the molecule is CCOCC1(O)CCC(C(=O)OCC)CC1. The number of rotatable bonds is 5. The average Bonchev–Trinajstić information content (AvgIpc) is 2.28. The molecule has 16 heavy (non-hydrogen) atoms. The second-order valence-electron chi connectivity index (χ2n) is 4.39. The van der Waals surface area contributed by atoms with Gasteiger partial charge in [0.2, 0.25) is 0 Å². The minimum absolute atomic E-state index is 0.0400. The van der Waals surface area contributed by atoms with E-state index >= 15 is 0 Å². The van der Waals surface area contributed by atoms with Gasteiger partial charge in [0.25, 0.3) is 0 Å². The van der Waals surface area contributed by atoms with Gasteiger partial charge in [-0.05, 0) is 39.5 Å². The number of hydrogen-bond donors (Lipinski definition) is 1. The summed E-state index contributed by atoms with van der Waals surface area (Å²) in [5.74, 6) is -0.164. The number of ether oxygens (including phenoxy) is 2. The Hall–Kier alpha value is -0.610. The molecule has 0 aromatic carbocycles. The van der Waals surface area contributed by atoms with Crippen LogP contribution < -0.4 is 0 Å². The maximum atomic E-state index is 11.5. The van der Waals surface area contributed by atoms with E-state index in [0.717, 1.165) is 0 Å². The molecule has 1 aliphatic carbocycles. The van der Waals surface area contributed by atoms with Crippen LogP contribution in [0, 0.1) is 5.92 Å². The molecule has 0 amide bonds. The highest BCUT2D eigenvalue weighted by Gasteiger charge is 2.36. The van der Waals surface area contributed by atoms with Gasteiger partial charge in [0.05, 0.1) is 24.7 Å². The molecule has 4 heteroatoms. The van der Waals surface area contributed by atoms with Crippen LogP contribution in [0.3, 0.4) is 0 Å². The van der Waals surface area contributed by atoms with Crippen molar-refractivity contribution in [1.82, 2.24) is 0 Å². The van der Waals surface area contributed by atoms with Crippen molar-refractivity contribution >= 4 is 5.97 Å². The largest absolute Gasteiger partial charge is 0.466 e. The second-order valence-corrected chi connectivity index (χ2v) is 4.39. The lowest BCUT2D eigenvalue weighted by molar-refractivity contribution is -0.152. The first kappa shape index (κ1) is 13.5. The molecule has 4 nitrogen and oxygen atoms in total. The maximum Gasteiger partial charge on any atom is 0.308 e. The third kappa shape index (κ3) is 3.76. The number of carbonyl (C=O) groups excluding carboxylic acids is 1. The van der Waals surface area contributed by atoms with Crippen molar-refractivity contribution < 1.29 is 19.4 Å². The predicted molar refractivity (Wildman–Crippen MR) is 60.0 cm³/mol. The molecule has 0 aliphatic heterocycles. The Kier molecular flexibility index (Phi) is 5.22. The molecule has 94 valence electrons. The summed E-state index contributed by atoms with van der Waals surface area (Å²) < 4.78 is 10.2. The van der Waals surface area contributed by atoms with Gasteiger partial charge < -0.3 is 14.6 Å². The Balaban J connectivity index is 2.35. The van der Waals surface area contributed by atoms with Gasteiger partial charge in [-0.1, -0.05) is 0 Å². The third-order valence-corrected chi connectivity index (χ3v) is 3.11. The standard InChI is InChI=1S/C12H22O4/c1-3-15-9-12(14)7-5-10(6-8-12)11(13)16-4-2/h10,14H,3-9H2,1-2H3. The summed E-state index contributed by atoms with van der Waals surface area (Å²) in [6.07, 6.45) is 2.64. The fraction of sp³-hybridized carbons (Fsp3) is 0.917. The highest BCUT2D eigenvalue weighted by Crippen LogP contribution is 2.32. The molecule has 0 heterocycles. The van der Waals surface area contributed by atoms with E-state index in [4.69, 9.17) is 9.47 Å². The quantitative estimate of drug-likeness (QED) is 0.727.